The van der Waals surface area contributed by atoms with Gasteiger partial charge in [-0.15, -0.1) is 10.2 Å². The standard InChI is InChI=1S/C18H26FN5OS/c1-17(2,3)11-18(4,5)21-14(25)10-26-16-23-22-15(24(16)20)12-8-6-7-9-13(12)19/h6-9H,10-11,20H2,1-5H3,(H,21,25). The number of carbonyl (C=O) groups excluding carboxylic acids is 1. The number of hydrogen-bond donors (Lipinski definition) is 2. The van der Waals surface area contributed by atoms with Crippen molar-refractivity contribution in [1.29, 1.82) is 0 Å². The van der Waals surface area contributed by atoms with Gasteiger partial charge in [-0.25, -0.2) is 9.07 Å². The van der Waals surface area contributed by atoms with Crippen molar-refractivity contribution in [2.75, 3.05) is 11.6 Å². The third-order valence-electron chi connectivity index (χ3n) is 3.56. The Morgan fingerprint density at radius 2 is 1.88 bits per heavy atom. The van der Waals surface area contributed by atoms with E-state index < -0.39 is 5.82 Å². The molecule has 0 spiro atoms. The van der Waals surface area contributed by atoms with Crippen molar-refractivity contribution in [3.8, 4) is 11.4 Å². The number of nitrogen functional groups attached to an aromatic ring is 1. The minimum atomic E-state index is -0.426. The van der Waals surface area contributed by atoms with Crippen LogP contribution in [-0.2, 0) is 4.79 Å². The first kappa shape index (κ1) is 20.2. The summed E-state index contributed by atoms with van der Waals surface area (Å²) in [7, 11) is 0. The summed E-state index contributed by atoms with van der Waals surface area (Å²) in [5.41, 5.74) is 0.0609. The van der Waals surface area contributed by atoms with Crippen molar-refractivity contribution < 1.29 is 9.18 Å². The average molecular weight is 380 g/mol. The number of nitrogens with two attached hydrogens (primary N) is 1. The lowest BCUT2D eigenvalue weighted by molar-refractivity contribution is -0.120. The summed E-state index contributed by atoms with van der Waals surface area (Å²) >= 11 is 1.17. The second-order valence-electron chi connectivity index (χ2n) is 8.11. The van der Waals surface area contributed by atoms with Crippen molar-refractivity contribution in [2.45, 2.75) is 51.7 Å². The Kier molecular flexibility index (Phi) is 5.95. The molecule has 1 heterocycles. The monoisotopic (exact) mass is 379 g/mol. The van der Waals surface area contributed by atoms with E-state index in [4.69, 9.17) is 5.84 Å². The van der Waals surface area contributed by atoms with Gasteiger partial charge in [-0.2, -0.15) is 0 Å². The first-order chi connectivity index (χ1) is 12.0. The highest BCUT2D eigenvalue weighted by molar-refractivity contribution is 7.99. The van der Waals surface area contributed by atoms with Crippen LogP contribution in [-0.4, -0.2) is 32.1 Å². The van der Waals surface area contributed by atoms with Crippen molar-refractivity contribution in [3.63, 3.8) is 0 Å². The van der Waals surface area contributed by atoms with E-state index in [1.54, 1.807) is 18.2 Å². The first-order valence-corrected chi connectivity index (χ1v) is 9.36. The number of hydrogen-bond acceptors (Lipinski definition) is 5. The lowest BCUT2D eigenvalue weighted by Gasteiger charge is -2.33. The van der Waals surface area contributed by atoms with E-state index in [2.05, 4.69) is 36.3 Å². The van der Waals surface area contributed by atoms with Crippen LogP contribution >= 0.6 is 11.8 Å². The second kappa shape index (κ2) is 7.65. The predicted molar refractivity (Wildman–Crippen MR) is 103 cm³/mol. The third kappa shape index (κ3) is 5.45. The van der Waals surface area contributed by atoms with Gasteiger partial charge in [0, 0.05) is 5.54 Å². The maximum atomic E-state index is 13.9. The van der Waals surface area contributed by atoms with Crippen molar-refractivity contribution in [3.05, 3.63) is 30.1 Å². The zero-order valence-electron chi connectivity index (χ0n) is 15.8. The van der Waals surface area contributed by atoms with Gasteiger partial charge in [-0.1, -0.05) is 44.7 Å². The Labute approximate surface area is 157 Å². The van der Waals surface area contributed by atoms with Crippen LogP contribution in [0, 0.1) is 11.2 Å². The Hall–Kier alpha value is -2.09. The Bertz CT molecular complexity index is 782. The van der Waals surface area contributed by atoms with Crippen LogP contribution in [0.25, 0.3) is 11.4 Å². The molecule has 0 aliphatic carbocycles. The summed E-state index contributed by atoms with van der Waals surface area (Å²) in [4.78, 5) is 12.3. The summed E-state index contributed by atoms with van der Waals surface area (Å²) in [6, 6.07) is 6.21. The first-order valence-electron chi connectivity index (χ1n) is 8.38. The molecule has 2 aromatic rings. The molecule has 1 amide bonds. The fraction of sp³-hybridized carbons (Fsp3) is 0.500. The number of carbonyl (C=O) groups is 1. The maximum Gasteiger partial charge on any atom is 0.230 e. The van der Waals surface area contributed by atoms with E-state index in [0.29, 0.717) is 5.16 Å². The second-order valence-corrected chi connectivity index (χ2v) is 9.06. The zero-order valence-corrected chi connectivity index (χ0v) is 16.7. The van der Waals surface area contributed by atoms with Crippen LogP contribution < -0.4 is 11.2 Å². The summed E-state index contributed by atoms with van der Waals surface area (Å²) in [6.45, 7) is 10.4. The fourth-order valence-corrected chi connectivity index (χ4v) is 3.77. The highest BCUT2D eigenvalue weighted by Gasteiger charge is 2.27. The van der Waals surface area contributed by atoms with E-state index in [9.17, 15) is 9.18 Å². The van der Waals surface area contributed by atoms with Crippen LogP contribution in [0.3, 0.4) is 0 Å². The molecule has 0 radical (unpaired) electrons. The van der Waals surface area contributed by atoms with E-state index in [1.807, 2.05) is 13.8 Å². The van der Waals surface area contributed by atoms with Gasteiger partial charge in [0.15, 0.2) is 5.82 Å². The smallest absolute Gasteiger partial charge is 0.230 e. The quantitative estimate of drug-likeness (QED) is 0.594. The highest BCUT2D eigenvalue weighted by atomic mass is 32.2. The van der Waals surface area contributed by atoms with E-state index in [0.717, 1.165) is 6.42 Å². The Balaban J connectivity index is 2.00. The van der Waals surface area contributed by atoms with Crippen LogP contribution in [0.15, 0.2) is 29.4 Å². The molecule has 0 aliphatic rings. The average Bonchev–Trinajstić information content (AvgIpc) is 2.83. The number of nitrogens with zero attached hydrogens (tertiary/aromatic N) is 3. The van der Waals surface area contributed by atoms with E-state index in [1.165, 1.54) is 22.5 Å². The number of aromatic nitrogens is 3. The molecule has 0 saturated heterocycles. The molecule has 8 heteroatoms. The van der Waals surface area contributed by atoms with Gasteiger partial charge in [0.1, 0.15) is 5.82 Å². The van der Waals surface area contributed by atoms with Gasteiger partial charge >= 0.3 is 0 Å². The number of amides is 1. The summed E-state index contributed by atoms with van der Waals surface area (Å²) in [5.74, 6) is 5.81. The largest absolute Gasteiger partial charge is 0.350 e. The molecule has 0 atom stereocenters. The molecule has 6 nitrogen and oxygen atoms in total. The third-order valence-corrected chi connectivity index (χ3v) is 4.50. The number of benzene rings is 1. The van der Waals surface area contributed by atoms with Gasteiger partial charge in [0.2, 0.25) is 11.1 Å². The van der Waals surface area contributed by atoms with Crippen LogP contribution in [0.1, 0.15) is 41.0 Å². The topological polar surface area (TPSA) is 85.8 Å². The minimum Gasteiger partial charge on any atom is -0.350 e. The van der Waals surface area contributed by atoms with Crippen molar-refractivity contribution in [2.24, 2.45) is 5.41 Å². The molecule has 0 saturated carbocycles. The summed E-state index contributed by atoms with van der Waals surface area (Å²) in [5, 5.41) is 11.3. The molecular formula is C18H26FN5OS. The number of nitrogens with one attached hydrogen (secondary N) is 1. The van der Waals surface area contributed by atoms with Crippen LogP contribution in [0.2, 0.25) is 0 Å². The van der Waals surface area contributed by atoms with Crippen LogP contribution in [0.5, 0.6) is 0 Å². The lowest BCUT2D eigenvalue weighted by Crippen LogP contribution is -2.46. The minimum absolute atomic E-state index is 0.107. The zero-order chi connectivity index (χ0) is 19.5. The molecule has 0 aliphatic heterocycles. The molecule has 1 aromatic heterocycles. The van der Waals surface area contributed by atoms with Gasteiger partial charge in [0.25, 0.3) is 0 Å². The number of rotatable bonds is 6. The predicted octanol–water partition coefficient (Wildman–Crippen LogP) is 3.22. The SMILES string of the molecule is CC(C)(C)CC(C)(C)NC(=O)CSc1nnc(-c2ccccc2F)n1N. The number of thioether (sulfide) groups is 1. The van der Waals surface area contributed by atoms with E-state index >= 15 is 0 Å². The maximum absolute atomic E-state index is 13.9. The molecule has 0 unspecified atom stereocenters. The molecule has 2 rings (SSSR count). The molecule has 26 heavy (non-hydrogen) atoms. The summed E-state index contributed by atoms with van der Waals surface area (Å²) < 4.78 is 15.1. The molecule has 0 bridgehead atoms. The fourth-order valence-electron chi connectivity index (χ4n) is 3.12. The van der Waals surface area contributed by atoms with Gasteiger partial charge < -0.3 is 11.2 Å². The van der Waals surface area contributed by atoms with Gasteiger partial charge in [-0.05, 0) is 37.8 Å². The highest BCUT2D eigenvalue weighted by Crippen LogP contribution is 2.27. The van der Waals surface area contributed by atoms with Crippen LogP contribution in [0.4, 0.5) is 4.39 Å². The normalized spacial score (nSPS) is 12.2. The van der Waals surface area contributed by atoms with Gasteiger partial charge in [0.05, 0.1) is 11.3 Å². The van der Waals surface area contributed by atoms with Gasteiger partial charge in [-0.3, -0.25) is 4.79 Å². The van der Waals surface area contributed by atoms with E-state index in [-0.39, 0.29) is 34.0 Å². The Morgan fingerprint density at radius 1 is 1.23 bits per heavy atom. The Morgan fingerprint density at radius 3 is 2.50 bits per heavy atom. The number of halogens is 1. The lowest BCUT2D eigenvalue weighted by atomic mass is 9.82. The molecule has 142 valence electrons. The van der Waals surface area contributed by atoms with Crippen molar-refractivity contribution >= 4 is 17.7 Å². The molecular weight excluding hydrogens is 353 g/mol. The molecule has 0 fully saturated rings. The summed E-state index contributed by atoms with van der Waals surface area (Å²) in [6.07, 6.45) is 0.848. The molecule has 1 aromatic carbocycles. The van der Waals surface area contributed by atoms with Crippen molar-refractivity contribution in [1.82, 2.24) is 20.2 Å². The molecule has 3 N–H and O–H groups in total.